The maximum atomic E-state index is 13.7. The Hall–Kier alpha value is -2.78. The normalized spacial score (nSPS) is 15.8. The number of amides is 3. The smallest absolute Gasteiger partial charge is 0.293 e. The molecule has 2 aromatic rings. The van der Waals surface area contributed by atoms with E-state index in [9.17, 15) is 18.8 Å². The minimum Gasteiger partial charge on any atom is -0.351 e. The van der Waals surface area contributed by atoms with Crippen LogP contribution in [-0.2, 0) is 9.59 Å². The molecule has 0 spiro atoms. The van der Waals surface area contributed by atoms with Crippen molar-refractivity contribution in [3.05, 3.63) is 62.7 Å². The van der Waals surface area contributed by atoms with Gasteiger partial charge in [-0.1, -0.05) is 18.2 Å². The molecule has 0 saturated carbocycles. The first-order chi connectivity index (χ1) is 13.4. The summed E-state index contributed by atoms with van der Waals surface area (Å²) in [4.78, 5) is 41.7. The number of carbonyl (C=O) groups excluding carboxylic acids is 3. The number of nitrogens with zero attached hydrogens (tertiary/aromatic N) is 2. The van der Waals surface area contributed by atoms with Crippen LogP contribution in [0.5, 0.6) is 0 Å². The number of thioether (sulfide) groups is 1. The van der Waals surface area contributed by atoms with Crippen LogP contribution in [0.3, 0.4) is 0 Å². The SMILES string of the molecule is Cc1nc(C=CC(=O)NCCN2C(=O)SC(=Cc3ccccc3F)C2=O)cs1. The second kappa shape index (κ2) is 8.94. The highest BCUT2D eigenvalue weighted by Crippen LogP contribution is 2.32. The standard InChI is InChI=1S/C19H16FN3O3S2/c1-12-22-14(11-27-12)6-7-17(24)21-8-9-23-18(25)16(28-19(23)26)10-13-4-2-3-5-15(13)20/h2-7,10-11H,8-9H2,1H3,(H,21,24). The lowest BCUT2D eigenvalue weighted by atomic mass is 10.2. The summed E-state index contributed by atoms with van der Waals surface area (Å²) in [5.41, 5.74) is 0.936. The Balaban J connectivity index is 1.54. The Bertz CT molecular complexity index is 984. The van der Waals surface area contributed by atoms with Crippen molar-refractivity contribution < 1.29 is 18.8 Å². The van der Waals surface area contributed by atoms with Crippen molar-refractivity contribution in [1.29, 1.82) is 0 Å². The first kappa shape index (κ1) is 20.0. The average molecular weight is 417 g/mol. The summed E-state index contributed by atoms with van der Waals surface area (Å²) in [6, 6.07) is 6.01. The maximum absolute atomic E-state index is 13.7. The molecule has 3 amide bonds. The first-order valence-corrected chi connectivity index (χ1v) is 10.0. The molecule has 0 atom stereocenters. The number of hydrogen-bond donors (Lipinski definition) is 1. The molecule has 1 aliphatic rings. The fourth-order valence-electron chi connectivity index (χ4n) is 2.39. The highest BCUT2D eigenvalue weighted by atomic mass is 32.2. The van der Waals surface area contributed by atoms with Crippen molar-refractivity contribution in [2.45, 2.75) is 6.92 Å². The molecule has 0 unspecified atom stereocenters. The van der Waals surface area contributed by atoms with Gasteiger partial charge in [0, 0.05) is 30.1 Å². The lowest BCUT2D eigenvalue weighted by Crippen LogP contribution is -2.36. The third-order valence-corrected chi connectivity index (χ3v) is 5.44. The number of nitrogens with one attached hydrogen (secondary N) is 1. The third kappa shape index (κ3) is 4.93. The Morgan fingerprint density at radius 1 is 1.32 bits per heavy atom. The monoisotopic (exact) mass is 417 g/mol. The second-order valence-corrected chi connectivity index (χ2v) is 7.83. The van der Waals surface area contributed by atoms with Crippen molar-refractivity contribution >= 4 is 52.3 Å². The van der Waals surface area contributed by atoms with Gasteiger partial charge < -0.3 is 5.32 Å². The molecular weight excluding hydrogens is 401 g/mol. The Labute approximate surface area is 169 Å². The van der Waals surface area contributed by atoms with E-state index in [0.29, 0.717) is 5.69 Å². The first-order valence-electron chi connectivity index (χ1n) is 8.32. The Kier molecular flexibility index (Phi) is 6.37. The molecule has 144 valence electrons. The van der Waals surface area contributed by atoms with Crippen LogP contribution in [0.15, 0.2) is 40.6 Å². The van der Waals surface area contributed by atoms with E-state index in [1.165, 1.54) is 35.6 Å². The molecular formula is C19H16FN3O3S2. The molecule has 0 aliphatic carbocycles. The number of hydrogen-bond acceptors (Lipinski definition) is 6. The number of thiazole rings is 1. The molecule has 1 saturated heterocycles. The fraction of sp³-hybridized carbons (Fsp3) is 0.158. The van der Waals surface area contributed by atoms with Crippen LogP contribution < -0.4 is 5.32 Å². The quantitative estimate of drug-likeness (QED) is 0.729. The molecule has 1 aromatic heterocycles. The maximum Gasteiger partial charge on any atom is 0.293 e. The topological polar surface area (TPSA) is 79.4 Å². The van der Waals surface area contributed by atoms with Gasteiger partial charge in [0.05, 0.1) is 15.6 Å². The van der Waals surface area contributed by atoms with Crippen molar-refractivity contribution in [3.8, 4) is 0 Å². The lowest BCUT2D eigenvalue weighted by molar-refractivity contribution is -0.123. The predicted molar refractivity (Wildman–Crippen MR) is 108 cm³/mol. The van der Waals surface area contributed by atoms with E-state index in [2.05, 4.69) is 10.3 Å². The summed E-state index contributed by atoms with van der Waals surface area (Å²) < 4.78 is 13.7. The zero-order valence-corrected chi connectivity index (χ0v) is 16.5. The average Bonchev–Trinajstić information content (AvgIpc) is 3.19. The van der Waals surface area contributed by atoms with Crippen LogP contribution in [0.25, 0.3) is 12.2 Å². The summed E-state index contributed by atoms with van der Waals surface area (Å²) in [7, 11) is 0. The van der Waals surface area contributed by atoms with Crippen LogP contribution in [-0.4, -0.2) is 40.0 Å². The van der Waals surface area contributed by atoms with Gasteiger partial charge in [-0.25, -0.2) is 9.37 Å². The number of carbonyl (C=O) groups is 3. The van der Waals surface area contributed by atoms with E-state index in [4.69, 9.17) is 0 Å². The van der Waals surface area contributed by atoms with Crippen molar-refractivity contribution in [3.63, 3.8) is 0 Å². The number of halogens is 1. The van der Waals surface area contributed by atoms with E-state index in [1.54, 1.807) is 18.2 Å². The van der Waals surface area contributed by atoms with Crippen LogP contribution >= 0.6 is 23.1 Å². The van der Waals surface area contributed by atoms with Crippen molar-refractivity contribution in [2.75, 3.05) is 13.1 Å². The largest absolute Gasteiger partial charge is 0.351 e. The van der Waals surface area contributed by atoms with Gasteiger partial charge in [0.1, 0.15) is 5.82 Å². The molecule has 3 rings (SSSR count). The van der Waals surface area contributed by atoms with Gasteiger partial charge in [-0.05, 0) is 36.9 Å². The van der Waals surface area contributed by atoms with Gasteiger partial charge in [0.15, 0.2) is 0 Å². The molecule has 2 heterocycles. The molecule has 0 radical (unpaired) electrons. The molecule has 6 nitrogen and oxygen atoms in total. The van der Waals surface area contributed by atoms with Gasteiger partial charge in [0.2, 0.25) is 5.91 Å². The molecule has 1 fully saturated rings. The molecule has 1 N–H and O–H groups in total. The molecule has 9 heteroatoms. The van der Waals surface area contributed by atoms with Crippen LogP contribution in [0.2, 0.25) is 0 Å². The van der Waals surface area contributed by atoms with Gasteiger partial charge in [0.25, 0.3) is 11.1 Å². The summed E-state index contributed by atoms with van der Waals surface area (Å²) in [5.74, 6) is -1.32. The van der Waals surface area contributed by atoms with Crippen molar-refractivity contribution in [1.82, 2.24) is 15.2 Å². The van der Waals surface area contributed by atoms with Gasteiger partial charge in [-0.3, -0.25) is 19.3 Å². The van der Waals surface area contributed by atoms with E-state index < -0.39 is 17.0 Å². The number of rotatable bonds is 6. The Morgan fingerprint density at radius 2 is 2.11 bits per heavy atom. The molecule has 28 heavy (non-hydrogen) atoms. The predicted octanol–water partition coefficient (Wildman–Crippen LogP) is 3.46. The van der Waals surface area contributed by atoms with Gasteiger partial charge >= 0.3 is 0 Å². The molecule has 1 aromatic carbocycles. The van der Waals surface area contributed by atoms with Crippen LogP contribution in [0.4, 0.5) is 9.18 Å². The zero-order chi connectivity index (χ0) is 20.1. The molecule has 1 aliphatic heterocycles. The van der Waals surface area contributed by atoms with E-state index in [0.717, 1.165) is 21.7 Å². The second-order valence-electron chi connectivity index (χ2n) is 5.77. The minimum absolute atomic E-state index is 0.0364. The van der Waals surface area contributed by atoms with Crippen molar-refractivity contribution in [2.24, 2.45) is 0 Å². The highest BCUT2D eigenvalue weighted by molar-refractivity contribution is 8.18. The highest BCUT2D eigenvalue weighted by Gasteiger charge is 2.34. The van der Waals surface area contributed by atoms with E-state index in [1.807, 2.05) is 12.3 Å². The van der Waals surface area contributed by atoms with Gasteiger partial charge in [-0.15, -0.1) is 11.3 Å². The molecule has 0 bridgehead atoms. The number of imide groups is 1. The van der Waals surface area contributed by atoms with E-state index >= 15 is 0 Å². The minimum atomic E-state index is -0.499. The van der Waals surface area contributed by atoms with Crippen LogP contribution in [0.1, 0.15) is 16.3 Å². The van der Waals surface area contributed by atoms with Gasteiger partial charge in [-0.2, -0.15) is 0 Å². The summed E-state index contributed by atoms with van der Waals surface area (Å²) in [6.45, 7) is 2.03. The number of aromatic nitrogens is 1. The summed E-state index contributed by atoms with van der Waals surface area (Å²) >= 11 is 2.24. The third-order valence-electron chi connectivity index (χ3n) is 3.74. The Morgan fingerprint density at radius 3 is 2.82 bits per heavy atom. The number of benzene rings is 1. The lowest BCUT2D eigenvalue weighted by Gasteiger charge is -2.12. The zero-order valence-electron chi connectivity index (χ0n) is 14.8. The summed E-state index contributed by atoms with van der Waals surface area (Å²) in [6.07, 6.45) is 4.30. The fourth-order valence-corrected chi connectivity index (χ4v) is 3.83. The summed E-state index contributed by atoms with van der Waals surface area (Å²) in [5, 5.41) is 4.91. The number of aryl methyl sites for hydroxylation is 1. The van der Waals surface area contributed by atoms with Crippen LogP contribution in [0, 0.1) is 12.7 Å². The van der Waals surface area contributed by atoms with E-state index in [-0.39, 0.29) is 29.5 Å².